The summed E-state index contributed by atoms with van der Waals surface area (Å²) in [5.74, 6) is 0.0113. The fourth-order valence-electron chi connectivity index (χ4n) is 5.40. The van der Waals surface area contributed by atoms with Crippen LogP contribution in [-0.4, -0.2) is 42.4 Å². The zero-order valence-electron chi connectivity index (χ0n) is 20.8. The molecule has 0 saturated carbocycles. The first-order valence-corrected chi connectivity index (χ1v) is 12.8. The number of benzene rings is 3. The van der Waals surface area contributed by atoms with Crippen LogP contribution in [0.5, 0.6) is 0 Å². The van der Waals surface area contributed by atoms with E-state index in [-0.39, 0.29) is 17.9 Å². The van der Waals surface area contributed by atoms with Crippen LogP contribution in [0.4, 0.5) is 11.4 Å². The molecule has 36 heavy (non-hydrogen) atoms. The van der Waals surface area contributed by atoms with Crippen LogP contribution in [0.1, 0.15) is 36.5 Å². The van der Waals surface area contributed by atoms with Crippen LogP contribution < -0.4 is 9.80 Å². The molecule has 1 atom stereocenters. The highest BCUT2D eigenvalue weighted by Crippen LogP contribution is 2.34. The van der Waals surface area contributed by atoms with Gasteiger partial charge in [-0.3, -0.25) is 14.5 Å². The van der Waals surface area contributed by atoms with Gasteiger partial charge in [-0.2, -0.15) is 0 Å². The molecule has 0 bridgehead atoms. The van der Waals surface area contributed by atoms with E-state index in [0.29, 0.717) is 6.54 Å². The standard InChI is InChI=1S/C31H33N3O2/c1-24(35)33-20-18-27-15-16-28(21-30(27)33)34(31(36)17-14-25-9-4-2-5-10-25)29-13-8-19-32(23-29)22-26-11-6-3-7-12-26/h2-7,9-12,14-17,21,29H,8,13,18-20,22-23H2,1H3. The summed E-state index contributed by atoms with van der Waals surface area (Å²) in [7, 11) is 0. The third kappa shape index (κ3) is 5.42. The van der Waals surface area contributed by atoms with E-state index >= 15 is 0 Å². The van der Waals surface area contributed by atoms with Crippen molar-refractivity contribution in [2.75, 3.05) is 29.4 Å². The van der Waals surface area contributed by atoms with Crippen molar-refractivity contribution in [3.8, 4) is 0 Å². The average Bonchev–Trinajstić information content (AvgIpc) is 3.33. The monoisotopic (exact) mass is 479 g/mol. The van der Waals surface area contributed by atoms with Crippen LogP contribution in [0.2, 0.25) is 0 Å². The minimum absolute atomic E-state index is 0.0299. The lowest BCUT2D eigenvalue weighted by Crippen LogP contribution is -2.50. The SMILES string of the molecule is CC(=O)N1CCc2ccc(N(C(=O)C=Cc3ccccc3)C3CCCN(Cc4ccccc4)C3)cc21. The first kappa shape index (κ1) is 24.0. The van der Waals surface area contributed by atoms with E-state index in [0.717, 1.165) is 61.4 Å². The maximum Gasteiger partial charge on any atom is 0.251 e. The normalized spacial score (nSPS) is 17.8. The Kier molecular flexibility index (Phi) is 7.28. The molecule has 5 rings (SSSR count). The molecule has 1 saturated heterocycles. The number of amides is 2. The Morgan fingerprint density at radius 3 is 2.47 bits per heavy atom. The Balaban J connectivity index is 1.44. The molecule has 2 amide bonds. The number of piperidine rings is 1. The van der Waals surface area contributed by atoms with Gasteiger partial charge in [-0.1, -0.05) is 66.7 Å². The molecule has 3 aromatic carbocycles. The van der Waals surface area contributed by atoms with Crippen molar-refractivity contribution < 1.29 is 9.59 Å². The minimum Gasteiger partial charge on any atom is -0.312 e. The van der Waals surface area contributed by atoms with Crippen LogP contribution in [0.15, 0.2) is 84.9 Å². The first-order chi connectivity index (χ1) is 17.6. The summed E-state index contributed by atoms with van der Waals surface area (Å²) in [4.78, 5) is 32.2. The molecule has 0 aliphatic carbocycles. The van der Waals surface area contributed by atoms with E-state index in [1.807, 2.05) is 64.4 Å². The van der Waals surface area contributed by atoms with Crippen molar-refractivity contribution in [2.45, 2.75) is 38.8 Å². The van der Waals surface area contributed by atoms with Gasteiger partial charge in [-0.25, -0.2) is 0 Å². The third-order valence-electron chi connectivity index (χ3n) is 7.17. The number of hydrogen-bond donors (Lipinski definition) is 0. The lowest BCUT2D eigenvalue weighted by atomic mass is 10.0. The first-order valence-electron chi connectivity index (χ1n) is 12.8. The van der Waals surface area contributed by atoms with Gasteiger partial charge in [0, 0.05) is 50.1 Å². The third-order valence-corrected chi connectivity index (χ3v) is 7.17. The summed E-state index contributed by atoms with van der Waals surface area (Å²) in [5.41, 5.74) is 5.24. The predicted molar refractivity (Wildman–Crippen MR) is 146 cm³/mol. The minimum atomic E-state index is -0.0299. The van der Waals surface area contributed by atoms with E-state index in [2.05, 4.69) is 35.2 Å². The Bertz CT molecular complexity index is 1240. The second-order valence-electron chi connectivity index (χ2n) is 9.70. The van der Waals surface area contributed by atoms with Gasteiger partial charge in [0.25, 0.3) is 5.91 Å². The van der Waals surface area contributed by atoms with Gasteiger partial charge in [-0.05, 0) is 60.7 Å². The molecule has 5 heteroatoms. The largest absolute Gasteiger partial charge is 0.312 e. The maximum atomic E-state index is 13.7. The van der Waals surface area contributed by atoms with Crippen molar-refractivity contribution >= 4 is 29.3 Å². The topological polar surface area (TPSA) is 43.9 Å². The van der Waals surface area contributed by atoms with Crippen LogP contribution >= 0.6 is 0 Å². The van der Waals surface area contributed by atoms with E-state index in [9.17, 15) is 9.59 Å². The van der Waals surface area contributed by atoms with Gasteiger partial charge in [0.1, 0.15) is 0 Å². The van der Waals surface area contributed by atoms with Crippen molar-refractivity contribution in [1.29, 1.82) is 0 Å². The lowest BCUT2D eigenvalue weighted by Gasteiger charge is -2.39. The van der Waals surface area contributed by atoms with E-state index in [4.69, 9.17) is 0 Å². The van der Waals surface area contributed by atoms with Gasteiger partial charge in [0.05, 0.1) is 0 Å². The maximum absolute atomic E-state index is 13.7. The fourth-order valence-corrected chi connectivity index (χ4v) is 5.40. The number of rotatable bonds is 6. The molecule has 0 radical (unpaired) electrons. The second kappa shape index (κ2) is 10.9. The molecule has 0 N–H and O–H groups in total. The summed E-state index contributed by atoms with van der Waals surface area (Å²) in [6.07, 6.45) is 6.40. The Morgan fingerprint density at radius 2 is 1.72 bits per heavy atom. The fraction of sp³-hybridized carbons (Fsp3) is 0.290. The van der Waals surface area contributed by atoms with Gasteiger partial charge < -0.3 is 9.80 Å². The summed E-state index contributed by atoms with van der Waals surface area (Å²) in [6, 6.07) is 26.6. The highest BCUT2D eigenvalue weighted by molar-refractivity contribution is 6.05. The van der Waals surface area contributed by atoms with Gasteiger partial charge >= 0.3 is 0 Å². The Labute approximate surface area is 213 Å². The zero-order chi connectivity index (χ0) is 24.9. The quantitative estimate of drug-likeness (QED) is 0.450. The zero-order valence-corrected chi connectivity index (χ0v) is 20.8. The molecule has 3 aromatic rings. The molecule has 1 unspecified atom stereocenters. The van der Waals surface area contributed by atoms with Crippen LogP contribution in [0.25, 0.3) is 6.08 Å². The second-order valence-corrected chi connectivity index (χ2v) is 9.70. The van der Waals surface area contributed by atoms with Crippen molar-refractivity contribution in [2.24, 2.45) is 0 Å². The average molecular weight is 480 g/mol. The summed E-state index contributed by atoms with van der Waals surface area (Å²) in [5, 5.41) is 0. The van der Waals surface area contributed by atoms with Crippen molar-refractivity contribution in [3.05, 3.63) is 102 Å². The molecular formula is C31H33N3O2. The number of likely N-dealkylation sites (tertiary alicyclic amines) is 1. The number of anilines is 2. The van der Waals surface area contributed by atoms with Gasteiger partial charge in [-0.15, -0.1) is 0 Å². The number of fused-ring (bicyclic) bond motifs is 1. The molecule has 5 nitrogen and oxygen atoms in total. The predicted octanol–water partition coefficient (Wildman–Crippen LogP) is 5.31. The molecule has 2 aliphatic rings. The van der Waals surface area contributed by atoms with E-state index < -0.39 is 0 Å². The highest BCUT2D eigenvalue weighted by Gasteiger charge is 2.31. The molecule has 184 valence electrons. The number of hydrogen-bond acceptors (Lipinski definition) is 3. The lowest BCUT2D eigenvalue weighted by molar-refractivity contribution is -0.116. The van der Waals surface area contributed by atoms with Gasteiger partial charge in [0.2, 0.25) is 5.91 Å². The van der Waals surface area contributed by atoms with Crippen LogP contribution in [0.3, 0.4) is 0 Å². The molecule has 0 spiro atoms. The summed E-state index contributed by atoms with van der Waals surface area (Å²) in [6.45, 7) is 5.02. The number of nitrogens with zero attached hydrogens (tertiary/aromatic N) is 3. The number of carbonyl (C=O) groups excluding carboxylic acids is 2. The van der Waals surface area contributed by atoms with Crippen molar-refractivity contribution in [3.63, 3.8) is 0 Å². The molecule has 0 aromatic heterocycles. The smallest absolute Gasteiger partial charge is 0.251 e. The van der Waals surface area contributed by atoms with Crippen molar-refractivity contribution in [1.82, 2.24) is 4.90 Å². The highest BCUT2D eigenvalue weighted by atomic mass is 16.2. The molecule has 2 aliphatic heterocycles. The molecule has 1 fully saturated rings. The molecular weight excluding hydrogens is 446 g/mol. The van der Waals surface area contributed by atoms with E-state index in [1.165, 1.54) is 5.56 Å². The van der Waals surface area contributed by atoms with Crippen LogP contribution in [-0.2, 0) is 22.6 Å². The summed E-state index contributed by atoms with van der Waals surface area (Å²) < 4.78 is 0. The Morgan fingerprint density at radius 1 is 0.972 bits per heavy atom. The van der Waals surface area contributed by atoms with Crippen LogP contribution in [0, 0.1) is 0 Å². The van der Waals surface area contributed by atoms with Gasteiger partial charge in [0.15, 0.2) is 0 Å². The Hall–Kier alpha value is -3.70. The summed E-state index contributed by atoms with van der Waals surface area (Å²) >= 11 is 0. The number of carbonyl (C=O) groups is 2. The van der Waals surface area contributed by atoms with E-state index in [1.54, 1.807) is 13.0 Å². The molecule has 2 heterocycles.